The van der Waals surface area contributed by atoms with E-state index < -0.39 is 20.9 Å². The maximum absolute atomic E-state index is 2.28. The molecule has 0 heterocycles. The van der Waals surface area contributed by atoms with Crippen molar-refractivity contribution in [1.29, 1.82) is 0 Å². The second kappa shape index (κ2) is 6.00. The van der Waals surface area contributed by atoms with Crippen LogP contribution in [-0.4, -0.2) is 20.9 Å². The summed E-state index contributed by atoms with van der Waals surface area (Å²) in [5.41, 5.74) is 2.86. The van der Waals surface area contributed by atoms with Gasteiger partial charge < -0.3 is 0 Å². The molecule has 4 aromatic carbocycles. The van der Waals surface area contributed by atoms with E-state index in [0.29, 0.717) is 0 Å². The van der Waals surface area contributed by atoms with E-state index >= 15 is 0 Å². The Morgan fingerprint density at radius 1 is 0.522 bits per heavy atom. The molecule has 0 N–H and O–H groups in total. The molecule has 4 rings (SSSR count). The van der Waals surface area contributed by atoms with E-state index in [0.717, 1.165) is 0 Å². The van der Waals surface area contributed by atoms with Crippen molar-refractivity contribution in [3.8, 4) is 0 Å². The van der Waals surface area contributed by atoms with Gasteiger partial charge in [0.05, 0.1) is 0 Å². The number of aryl methyl sites for hydroxylation is 2. The summed E-state index contributed by atoms with van der Waals surface area (Å²) in [5.74, 6) is 0. The first kappa shape index (κ1) is 14.8. The Kier molecular flexibility index (Phi) is 3.85. The standard InChI is InChI=1S/C22H18Te/c1-15-11-13-17-7-3-5-9-19(17)21(15)23-22-16(2)12-14-18-8-4-6-10-20(18)22/h3-14H,1-2H3. The number of rotatable bonds is 2. The van der Waals surface area contributed by atoms with Crippen molar-refractivity contribution in [2.24, 2.45) is 0 Å². The molecule has 0 spiro atoms. The summed E-state index contributed by atoms with van der Waals surface area (Å²) < 4.78 is 3.15. The van der Waals surface area contributed by atoms with Crippen LogP contribution in [0.5, 0.6) is 0 Å². The fourth-order valence-corrected chi connectivity index (χ4v) is 6.66. The van der Waals surface area contributed by atoms with Crippen LogP contribution in [-0.2, 0) is 0 Å². The third-order valence-electron chi connectivity index (χ3n) is 4.36. The second-order valence-corrected chi connectivity index (χ2v) is 8.88. The summed E-state index contributed by atoms with van der Waals surface area (Å²) in [4.78, 5) is 0. The maximum atomic E-state index is 2.28. The average molecular weight is 410 g/mol. The monoisotopic (exact) mass is 412 g/mol. The molecule has 0 radical (unpaired) electrons. The molecule has 0 bridgehead atoms. The van der Waals surface area contributed by atoms with Crippen molar-refractivity contribution < 1.29 is 0 Å². The summed E-state index contributed by atoms with van der Waals surface area (Å²) in [5, 5.41) is 5.58. The third kappa shape index (κ3) is 2.65. The van der Waals surface area contributed by atoms with Gasteiger partial charge in [-0.2, -0.15) is 0 Å². The normalized spacial score (nSPS) is 11.2. The minimum atomic E-state index is -0.438. The Balaban J connectivity index is 1.95. The van der Waals surface area contributed by atoms with Gasteiger partial charge in [-0.1, -0.05) is 0 Å². The summed E-state index contributed by atoms with van der Waals surface area (Å²) in [7, 11) is 0. The molecule has 0 saturated carbocycles. The molecule has 0 aliphatic heterocycles. The van der Waals surface area contributed by atoms with Crippen LogP contribution >= 0.6 is 0 Å². The van der Waals surface area contributed by atoms with Gasteiger partial charge in [0, 0.05) is 0 Å². The molecule has 1 heteroatoms. The van der Waals surface area contributed by atoms with E-state index in [4.69, 9.17) is 0 Å². The molecule has 0 nitrogen and oxygen atoms in total. The molecule has 0 aromatic heterocycles. The van der Waals surface area contributed by atoms with Gasteiger partial charge >= 0.3 is 147 Å². The molecule has 0 saturated heterocycles. The van der Waals surface area contributed by atoms with Gasteiger partial charge in [0.25, 0.3) is 0 Å². The van der Waals surface area contributed by atoms with Crippen LogP contribution in [0.25, 0.3) is 21.5 Å². The Labute approximate surface area is 147 Å². The Hall–Kier alpha value is -1.81. The Bertz CT molecular complexity index is 931. The van der Waals surface area contributed by atoms with Crippen LogP contribution in [0.15, 0.2) is 72.8 Å². The molecule has 0 aliphatic rings. The Morgan fingerprint density at radius 3 is 1.43 bits per heavy atom. The average Bonchev–Trinajstić information content (AvgIpc) is 2.59. The molecular weight excluding hydrogens is 392 g/mol. The van der Waals surface area contributed by atoms with Gasteiger partial charge in [0.2, 0.25) is 0 Å². The molecule has 0 fully saturated rings. The van der Waals surface area contributed by atoms with Crippen LogP contribution in [0.3, 0.4) is 0 Å². The predicted octanol–water partition coefficient (Wildman–Crippen LogP) is 4.26. The number of hydrogen-bond acceptors (Lipinski definition) is 0. The quantitative estimate of drug-likeness (QED) is 0.434. The van der Waals surface area contributed by atoms with E-state index in [2.05, 4.69) is 86.6 Å². The molecule has 0 unspecified atom stereocenters. The van der Waals surface area contributed by atoms with E-state index in [1.165, 1.54) is 32.7 Å². The molecule has 0 atom stereocenters. The third-order valence-corrected chi connectivity index (χ3v) is 8.62. The van der Waals surface area contributed by atoms with Crippen LogP contribution < -0.4 is 7.22 Å². The molecular formula is C22H18Te. The first-order valence-electron chi connectivity index (χ1n) is 7.88. The first-order chi connectivity index (χ1) is 11.2. The minimum absolute atomic E-state index is 0.438. The second-order valence-electron chi connectivity index (χ2n) is 5.97. The van der Waals surface area contributed by atoms with Crippen molar-refractivity contribution in [3.63, 3.8) is 0 Å². The summed E-state index contributed by atoms with van der Waals surface area (Å²) in [6.45, 7) is 4.51. The number of fused-ring (bicyclic) bond motifs is 2. The van der Waals surface area contributed by atoms with Gasteiger partial charge in [0.15, 0.2) is 0 Å². The first-order valence-corrected chi connectivity index (χ1v) is 10.2. The molecule has 23 heavy (non-hydrogen) atoms. The van der Waals surface area contributed by atoms with E-state index in [9.17, 15) is 0 Å². The molecule has 0 amide bonds. The van der Waals surface area contributed by atoms with Crippen LogP contribution in [0, 0.1) is 13.8 Å². The van der Waals surface area contributed by atoms with Crippen molar-refractivity contribution >= 4 is 49.7 Å². The zero-order chi connectivity index (χ0) is 15.8. The van der Waals surface area contributed by atoms with E-state index in [-0.39, 0.29) is 0 Å². The fourth-order valence-electron chi connectivity index (χ4n) is 3.08. The zero-order valence-corrected chi connectivity index (χ0v) is 15.7. The zero-order valence-electron chi connectivity index (χ0n) is 13.3. The number of benzene rings is 4. The molecule has 112 valence electrons. The van der Waals surface area contributed by atoms with Crippen molar-refractivity contribution in [3.05, 3.63) is 83.9 Å². The van der Waals surface area contributed by atoms with Crippen LogP contribution in [0.2, 0.25) is 0 Å². The van der Waals surface area contributed by atoms with Crippen molar-refractivity contribution in [1.82, 2.24) is 0 Å². The van der Waals surface area contributed by atoms with Gasteiger partial charge in [-0.3, -0.25) is 0 Å². The summed E-state index contributed by atoms with van der Waals surface area (Å²) >= 11 is -0.438. The molecule has 4 aromatic rings. The Morgan fingerprint density at radius 2 is 0.957 bits per heavy atom. The van der Waals surface area contributed by atoms with Gasteiger partial charge in [-0.25, -0.2) is 0 Å². The topological polar surface area (TPSA) is 0 Å². The van der Waals surface area contributed by atoms with Crippen molar-refractivity contribution in [2.45, 2.75) is 13.8 Å². The predicted molar refractivity (Wildman–Crippen MR) is 102 cm³/mol. The van der Waals surface area contributed by atoms with Crippen LogP contribution in [0.4, 0.5) is 0 Å². The molecule has 0 aliphatic carbocycles. The number of hydrogen-bond donors (Lipinski definition) is 0. The summed E-state index contributed by atoms with van der Waals surface area (Å²) in [6.07, 6.45) is 0. The van der Waals surface area contributed by atoms with Gasteiger partial charge in [-0.05, 0) is 0 Å². The fraction of sp³-hybridized carbons (Fsp3) is 0.0909. The van der Waals surface area contributed by atoms with Crippen LogP contribution in [0.1, 0.15) is 11.1 Å². The van der Waals surface area contributed by atoms with Crippen molar-refractivity contribution in [2.75, 3.05) is 0 Å². The van der Waals surface area contributed by atoms with Gasteiger partial charge in [0.1, 0.15) is 0 Å². The van der Waals surface area contributed by atoms with E-state index in [1.54, 1.807) is 7.22 Å². The SMILES string of the molecule is Cc1ccc2ccccc2c1[Te]c1c(C)ccc2ccccc12. The summed E-state index contributed by atoms with van der Waals surface area (Å²) in [6, 6.07) is 26.6. The van der Waals surface area contributed by atoms with Gasteiger partial charge in [-0.15, -0.1) is 0 Å². The van der Waals surface area contributed by atoms with E-state index in [1.807, 2.05) is 0 Å².